The van der Waals surface area contributed by atoms with Gasteiger partial charge in [0.15, 0.2) is 5.13 Å². The monoisotopic (exact) mass is 488 g/mol. The number of nitrogens with one attached hydrogen (secondary N) is 1. The van der Waals surface area contributed by atoms with Gasteiger partial charge in [-0.05, 0) is 36.2 Å². The number of ether oxygens (including phenoxy) is 2. The molecule has 0 saturated heterocycles. The Balaban J connectivity index is 1.94. The van der Waals surface area contributed by atoms with E-state index in [2.05, 4.69) is 10.3 Å². The summed E-state index contributed by atoms with van der Waals surface area (Å²) >= 11 is 6.92. The molecule has 2 N–H and O–H groups in total. The van der Waals surface area contributed by atoms with Gasteiger partial charge in [-0.3, -0.25) is 10.1 Å². The normalized spacial score (nSPS) is 11.8. The Hall–Kier alpha value is -2.40. The second-order valence-corrected chi connectivity index (χ2v) is 8.28. The smallest absolute Gasteiger partial charge is 0.416 e. The van der Waals surface area contributed by atoms with Gasteiger partial charge in [0, 0.05) is 17.7 Å². The zero-order chi connectivity index (χ0) is 23.5. The first-order valence-electron chi connectivity index (χ1n) is 9.54. The van der Waals surface area contributed by atoms with E-state index in [1.807, 2.05) is 0 Å². The van der Waals surface area contributed by atoms with Gasteiger partial charge >= 0.3 is 6.18 Å². The largest absolute Gasteiger partial charge is 0.507 e. The predicted molar refractivity (Wildman–Crippen MR) is 117 cm³/mol. The molecule has 0 radical (unpaired) electrons. The van der Waals surface area contributed by atoms with Gasteiger partial charge in [0.1, 0.15) is 5.75 Å². The number of hydrogen-bond donors (Lipinski definition) is 2. The molecule has 0 aliphatic heterocycles. The minimum Gasteiger partial charge on any atom is -0.507 e. The van der Waals surface area contributed by atoms with Crippen molar-refractivity contribution < 1.29 is 32.5 Å². The lowest BCUT2D eigenvalue weighted by atomic mass is 10.1. The summed E-state index contributed by atoms with van der Waals surface area (Å²) in [4.78, 5) is 17.0. The van der Waals surface area contributed by atoms with Gasteiger partial charge in [0.2, 0.25) is 0 Å². The lowest BCUT2D eigenvalue weighted by Crippen LogP contribution is -2.12. The molecule has 0 aliphatic rings. The third kappa shape index (κ3) is 5.50. The summed E-state index contributed by atoms with van der Waals surface area (Å²) in [6.07, 6.45) is -4.09. The van der Waals surface area contributed by atoms with Crippen LogP contribution in [0, 0.1) is 0 Å². The average molecular weight is 489 g/mol. The first kappa shape index (κ1) is 24.2. The maximum absolute atomic E-state index is 13.3. The number of aromatic hydroxyl groups is 1. The number of halogens is 4. The number of nitrogens with zero attached hydrogens (tertiary/aromatic N) is 1. The van der Waals surface area contributed by atoms with Crippen molar-refractivity contribution in [2.75, 3.05) is 25.6 Å². The molecule has 1 heterocycles. The number of fused-ring (bicyclic) bond motifs is 1. The van der Waals surface area contributed by atoms with Crippen molar-refractivity contribution in [2.45, 2.75) is 26.1 Å². The van der Waals surface area contributed by atoms with Crippen molar-refractivity contribution in [3.8, 4) is 5.75 Å². The number of methoxy groups -OCH3 is 1. The van der Waals surface area contributed by atoms with Gasteiger partial charge in [0.05, 0.1) is 41.2 Å². The number of hydrogen-bond acceptors (Lipinski definition) is 6. The van der Waals surface area contributed by atoms with Crippen molar-refractivity contribution in [3.05, 3.63) is 51.5 Å². The summed E-state index contributed by atoms with van der Waals surface area (Å²) in [5.74, 6) is -0.880. The Morgan fingerprint density at radius 1 is 1.22 bits per heavy atom. The zero-order valence-corrected chi connectivity index (χ0v) is 18.7. The Morgan fingerprint density at radius 2 is 1.97 bits per heavy atom. The summed E-state index contributed by atoms with van der Waals surface area (Å²) in [5, 5.41) is 13.2. The standard InChI is InChI=1S/C21H20ClF3N2O4S/c1-3-11-7-14(22)9-15(18(11)28)19(29)27-20-26-17-12(10-31-5-4-30-2)6-13(21(23,24)25)8-16(17)32-20/h6-9,28H,3-5,10H2,1-2H3,(H,26,27,29). The van der Waals surface area contributed by atoms with Crippen molar-refractivity contribution in [3.63, 3.8) is 0 Å². The molecule has 6 nitrogen and oxygen atoms in total. The molecule has 0 atom stereocenters. The maximum atomic E-state index is 13.3. The van der Waals surface area contributed by atoms with Gasteiger partial charge in [-0.1, -0.05) is 29.9 Å². The van der Waals surface area contributed by atoms with Crippen LogP contribution in [0.4, 0.5) is 18.3 Å². The van der Waals surface area contributed by atoms with Crippen molar-refractivity contribution in [1.29, 1.82) is 0 Å². The molecule has 32 heavy (non-hydrogen) atoms. The summed E-state index contributed by atoms with van der Waals surface area (Å²) in [6, 6.07) is 4.83. The lowest BCUT2D eigenvalue weighted by molar-refractivity contribution is -0.137. The molecular formula is C21H20ClF3N2O4S. The van der Waals surface area contributed by atoms with E-state index in [0.717, 1.165) is 23.5 Å². The highest BCUT2D eigenvalue weighted by molar-refractivity contribution is 7.22. The Kier molecular flexibility index (Phi) is 7.60. The van der Waals surface area contributed by atoms with Crippen LogP contribution < -0.4 is 5.32 Å². The number of carbonyl (C=O) groups excluding carboxylic acids is 1. The molecule has 0 bridgehead atoms. The summed E-state index contributed by atoms with van der Waals surface area (Å²) in [7, 11) is 1.49. The Labute approximate surface area is 190 Å². The fourth-order valence-corrected chi connectivity index (χ4v) is 4.20. The number of aryl methyl sites for hydroxylation is 1. The molecule has 1 amide bonds. The Bertz CT molecular complexity index is 1130. The van der Waals surface area contributed by atoms with Crippen LogP contribution in [0.25, 0.3) is 10.2 Å². The fourth-order valence-electron chi connectivity index (χ4n) is 3.01. The molecule has 0 saturated carbocycles. The van der Waals surface area contributed by atoms with Gasteiger partial charge in [-0.25, -0.2) is 4.98 Å². The number of phenols is 1. The number of rotatable bonds is 8. The lowest BCUT2D eigenvalue weighted by Gasteiger charge is -2.10. The molecule has 0 fully saturated rings. The van der Waals surface area contributed by atoms with Crippen molar-refractivity contribution >= 4 is 44.2 Å². The number of aromatic nitrogens is 1. The molecule has 0 aliphatic carbocycles. The average Bonchev–Trinajstić information content (AvgIpc) is 3.14. The van der Waals surface area contributed by atoms with E-state index in [9.17, 15) is 23.1 Å². The highest BCUT2D eigenvalue weighted by Crippen LogP contribution is 2.37. The van der Waals surface area contributed by atoms with E-state index in [1.54, 1.807) is 13.0 Å². The Morgan fingerprint density at radius 3 is 2.62 bits per heavy atom. The quantitative estimate of drug-likeness (QED) is 0.400. The summed E-state index contributed by atoms with van der Waals surface area (Å²) in [6.45, 7) is 2.20. The van der Waals surface area contributed by atoms with Crippen LogP contribution in [-0.4, -0.2) is 36.3 Å². The summed E-state index contributed by atoms with van der Waals surface area (Å²) < 4.78 is 50.5. The molecule has 0 spiro atoms. The van der Waals surface area contributed by atoms with Crippen LogP contribution in [0.5, 0.6) is 5.75 Å². The van der Waals surface area contributed by atoms with E-state index in [4.69, 9.17) is 21.1 Å². The number of carbonyl (C=O) groups is 1. The molecule has 3 rings (SSSR count). The van der Waals surface area contributed by atoms with Gasteiger partial charge in [-0.15, -0.1) is 0 Å². The van der Waals surface area contributed by atoms with Gasteiger partial charge in [-0.2, -0.15) is 13.2 Å². The first-order chi connectivity index (χ1) is 15.1. The number of amides is 1. The van der Waals surface area contributed by atoms with Crippen LogP contribution in [-0.2, 0) is 28.7 Å². The SMILES string of the molecule is CCc1cc(Cl)cc(C(=O)Nc2nc3c(COCCOC)cc(C(F)(F)F)cc3s2)c1O. The van der Waals surface area contributed by atoms with Crippen LogP contribution in [0.2, 0.25) is 5.02 Å². The van der Waals surface area contributed by atoms with Crippen molar-refractivity contribution in [2.24, 2.45) is 0 Å². The molecule has 1 aromatic heterocycles. The van der Waals surface area contributed by atoms with E-state index in [1.165, 1.54) is 13.2 Å². The topological polar surface area (TPSA) is 80.7 Å². The van der Waals surface area contributed by atoms with Crippen LogP contribution in [0.3, 0.4) is 0 Å². The first-order valence-corrected chi connectivity index (χ1v) is 10.7. The van der Waals surface area contributed by atoms with Gasteiger partial charge in [0.25, 0.3) is 5.91 Å². The number of thiazole rings is 1. The minimum atomic E-state index is -4.55. The second-order valence-electron chi connectivity index (χ2n) is 6.81. The highest BCUT2D eigenvalue weighted by atomic mass is 35.5. The second kappa shape index (κ2) is 10.0. The van der Waals surface area contributed by atoms with E-state index >= 15 is 0 Å². The molecule has 2 aromatic carbocycles. The zero-order valence-electron chi connectivity index (χ0n) is 17.2. The van der Waals surface area contributed by atoms with E-state index < -0.39 is 17.6 Å². The third-order valence-corrected chi connectivity index (χ3v) is 5.73. The van der Waals surface area contributed by atoms with E-state index in [0.29, 0.717) is 24.1 Å². The molecule has 11 heteroatoms. The van der Waals surface area contributed by atoms with Crippen LogP contribution >= 0.6 is 22.9 Å². The molecule has 0 unspecified atom stereocenters. The number of alkyl halides is 3. The fraction of sp³-hybridized carbons (Fsp3) is 0.333. The summed E-state index contributed by atoms with van der Waals surface area (Å²) in [5.41, 5.74) is 0.142. The third-order valence-electron chi connectivity index (χ3n) is 4.59. The number of phenolic OH excluding ortho intramolecular Hbond substituents is 1. The van der Waals surface area contributed by atoms with Crippen LogP contribution in [0.15, 0.2) is 24.3 Å². The molecule has 3 aromatic rings. The predicted octanol–water partition coefficient (Wildman–Crippen LogP) is 5.65. The number of benzene rings is 2. The molecule has 172 valence electrons. The molecular weight excluding hydrogens is 469 g/mol. The van der Waals surface area contributed by atoms with Crippen LogP contribution in [0.1, 0.15) is 34.0 Å². The van der Waals surface area contributed by atoms with E-state index in [-0.39, 0.29) is 44.9 Å². The van der Waals surface area contributed by atoms with Gasteiger partial charge < -0.3 is 14.6 Å². The van der Waals surface area contributed by atoms with Crippen molar-refractivity contribution in [1.82, 2.24) is 4.98 Å². The minimum absolute atomic E-state index is 0.0484. The number of anilines is 1. The highest BCUT2D eigenvalue weighted by Gasteiger charge is 2.32. The maximum Gasteiger partial charge on any atom is 0.416 e.